The lowest BCUT2D eigenvalue weighted by Crippen LogP contribution is -2.72. The van der Waals surface area contributed by atoms with Crippen molar-refractivity contribution < 1.29 is 33.7 Å². The summed E-state index contributed by atoms with van der Waals surface area (Å²) >= 11 is 0. The molecule has 11 nitrogen and oxygen atoms in total. The molecule has 1 aromatic carbocycles. The minimum absolute atomic E-state index is 0.0104. The van der Waals surface area contributed by atoms with Gasteiger partial charge in [-0.2, -0.15) is 0 Å². The summed E-state index contributed by atoms with van der Waals surface area (Å²) in [7, 11) is 0. The van der Waals surface area contributed by atoms with E-state index in [4.69, 9.17) is 9.47 Å². The maximum atomic E-state index is 13.9. The number of esters is 3. The van der Waals surface area contributed by atoms with Gasteiger partial charge in [0.2, 0.25) is 0 Å². The van der Waals surface area contributed by atoms with Gasteiger partial charge in [-0.1, -0.05) is 65.8 Å². The monoisotopic (exact) mass is 688 g/mol. The van der Waals surface area contributed by atoms with Crippen molar-refractivity contribution in [3.63, 3.8) is 0 Å². The number of non-ortho nitro benzene ring substituents is 2. The molecule has 1 aromatic rings. The van der Waals surface area contributed by atoms with Crippen LogP contribution in [0.15, 0.2) is 42.5 Å². The molecule has 11 heteroatoms. The van der Waals surface area contributed by atoms with Crippen LogP contribution in [0.5, 0.6) is 0 Å². The van der Waals surface area contributed by atoms with Gasteiger partial charge in [0, 0.05) is 23.0 Å². The molecule has 12 atom stereocenters. The zero-order valence-corrected chi connectivity index (χ0v) is 29.8. The molecule has 6 aliphatic carbocycles. The van der Waals surface area contributed by atoms with Gasteiger partial charge in [0.15, 0.2) is 0 Å². The van der Waals surface area contributed by atoms with Crippen LogP contribution in [-0.2, 0) is 19.1 Å². The highest BCUT2D eigenvalue weighted by molar-refractivity contribution is 5.99. The van der Waals surface area contributed by atoms with Crippen LogP contribution >= 0.6 is 0 Å². The zero-order valence-electron chi connectivity index (χ0n) is 29.8. The number of carbonyl (C=O) groups excluding carboxylic acids is 3. The van der Waals surface area contributed by atoms with Gasteiger partial charge in [0.1, 0.15) is 6.10 Å². The Morgan fingerprint density at radius 1 is 0.880 bits per heavy atom. The molecule has 2 bridgehead atoms. The second-order valence-electron chi connectivity index (χ2n) is 17.2. The maximum absolute atomic E-state index is 13.9. The van der Waals surface area contributed by atoms with Crippen LogP contribution in [0.4, 0.5) is 11.4 Å². The quantitative estimate of drug-likeness (QED) is 0.0867. The highest BCUT2D eigenvalue weighted by atomic mass is 16.6. The van der Waals surface area contributed by atoms with Crippen molar-refractivity contribution in [1.29, 1.82) is 0 Å². The van der Waals surface area contributed by atoms with E-state index in [0.717, 1.165) is 43.9 Å². The first kappa shape index (κ1) is 34.6. The van der Waals surface area contributed by atoms with Gasteiger partial charge in [0.25, 0.3) is 11.4 Å². The van der Waals surface area contributed by atoms with Crippen LogP contribution < -0.4 is 0 Å². The number of hydrogen-bond acceptors (Lipinski definition) is 9. The lowest BCUT2D eigenvalue weighted by atomic mass is 9.28. The second kappa shape index (κ2) is 11.6. The molecule has 4 saturated carbocycles. The molecule has 268 valence electrons. The Morgan fingerprint density at radius 2 is 1.54 bits per heavy atom. The summed E-state index contributed by atoms with van der Waals surface area (Å²) in [6, 6.07) is 2.77. The SMILES string of the molecule is CC(C)[C@@H](C)/C=C/[C@@H](C)[C@@H]1CC[C@@H]2[C@]1(C)CC[C@@H]1[C@@]23C=C[C@@]2(C[C@H](OC(=O)c4cc([N+](=O)[O-])cc([N+](=O)[O-])c4)CC[C@@]12C)[C@H]1C(=O)OC(=O)[C@H]13. The number of nitrogens with zero attached hydrogens (tertiary/aromatic N) is 2. The Labute approximate surface area is 292 Å². The number of fused-ring (bicyclic) bond motifs is 1. The predicted octanol–water partition coefficient (Wildman–Crippen LogP) is 8.02. The number of rotatable bonds is 8. The van der Waals surface area contributed by atoms with Gasteiger partial charge >= 0.3 is 17.9 Å². The van der Waals surface area contributed by atoms with E-state index in [1.54, 1.807) is 0 Å². The van der Waals surface area contributed by atoms with E-state index in [2.05, 4.69) is 65.8 Å². The number of nitro groups is 2. The first-order valence-electron chi connectivity index (χ1n) is 18.3. The number of carbonyl (C=O) groups is 3. The van der Waals surface area contributed by atoms with E-state index in [-0.39, 0.29) is 28.2 Å². The fourth-order valence-electron chi connectivity index (χ4n) is 12.4. The number of cyclic esters (lactones) is 2. The third kappa shape index (κ3) is 4.63. The Bertz CT molecular complexity index is 1700. The number of ether oxygens (including phenoxy) is 2. The van der Waals surface area contributed by atoms with Crippen molar-refractivity contribution in [3.05, 3.63) is 68.3 Å². The average Bonchev–Trinajstić information content (AvgIpc) is 3.59. The third-order valence-electron chi connectivity index (χ3n) is 15.0. The molecular formula is C39H48N2O9. The molecule has 1 heterocycles. The Balaban J connectivity index is 1.23. The van der Waals surface area contributed by atoms with Crippen molar-refractivity contribution in [2.45, 2.75) is 92.6 Å². The van der Waals surface area contributed by atoms with Crippen molar-refractivity contribution in [1.82, 2.24) is 0 Å². The first-order chi connectivity index (χ1) is 23.5. The summed E-state index contributed by atoms with van der Waals surface area (Å²) in [6.45, 7) is 13.8. The summed E-state index contributed by atoms with van der Waals surface area (Å²) in [5.74, 6) is -0.897. The standard InChI is InChI=1S/C39H48N2O9/c1-21(2)22(3)7-8-23(4)28-9-10-29-36(28,5)13-12-30-37(6)14-11-27(49-33(42)24-17-25(40(45)46)19-26(18-24)41(47)48)20-38(37)15-16-39(29,30)32-31(38)34(43)50-35(32)44/h7-8,15-19,21-23,27-32H,9-14,20H2,1-6H3/b8-7+/t22-,23+,27+,28-,29+,30-,31+,32-,36+,37-,38+,39+/m0/s1. The number of nitro benzene ring substituents is 2. The zero-order chi connectivity index (χ0) is 36.1. The Morgan fingerprint density at radius 3 is 2.18 bits per heavy atom. The Hall–Kier alpha value is -3.89. The number of hydrogen-bond donors (Lipinski definition) is 0. The third-order valence-corrected chi connectivity index (χ3v) is 15.0. The van der Waals surface area contributed by atoms with Crippen LogP contribution in [-0.4, -0.2) is 33.9 Å². The van der Waals surface area contributed by atoms with Gasteiger partial charge in [-0.15, -0.1) is 0 Å². The fraction of sp³-hybridized carbons (Fsp3) is 0.667. The number of allylic oxidation sites excluding steroid dienone is 4. The fourth-order valence-corrected chi connectivity index (χ4v) is 12.4. The minimum atomic E-state index is -0.898. The molecule has 50 heavy (non-hydrogen) atoms. The van der Waals surface area contributed by atoms with Crippen LogP contribution in [0.25, 0.3) is 0 Å². The van der Waals surface area contributed by atoms with Crippen molar-refractivity contribution in [3.8, 4) is 0 Å². The topological polar surface area (TPSA) is 156 Å². The van der Waals surface area contributed by atoms with Gasteiger partial charge < -0.3 is 9.47 Å². The van der Waals surface area contributed by atoms with Crippen LogP contribution in [0.1, 0.15) is 96.8 Å². The van der Waals surface area contributed by atoms with E-state index in [0.29, 0.717) is 42.9 Å². The largest absolute Gasteiger partial charge is 0.459 e. The van der Waals surface area contributed by atoms with Crippen molar-refractivity contribution in [2.75, 3.05) is 0 Å². The lowest BCUT2D eigenvalue weighted by Gasteiger charge is -2.74. The second-order valence-corrected chi connectivity index (χ2v) is 17.2. The van der Waals surface area contributed by atoms with E-state index in [9.17, 15) is 34.6 Å². The molecule has 5 fully saturated rings. The highest BCUT2D eigenvalue weighted by Crippen LogP contribution is 2.82. The summed E-state index contributed by atoms with van der Waals surface area (Å²) in [6.07, 6.45) is 14.0. The molecule has 0 N–H and O–H groups in total. The summed E-state index contributed by atoms with van der Waals surface area (Å²) in [5, 5.41) is 22.9. The first-order valence-corrected chi connectivity index (χ1v) is 18.3. The summed E-state index contributed by atoms with van der Waals surface area (Å²) < 4.78 is 11.5. The summed E-state index contributed by atoms with van der Waals surface area (Å²) in [5.41, 5.74) is -3.11. The highest BCUT2D eigenvalue weighted by Gasteiger charge is 2.81. The molecule has 0 unspecified atom stereocenters. The predicted molar refractivity (Wildman–Crippen MR) is 182 cm³/mol. The van der Waals surface area contributed by atoms with Gasteiger partial charge in [-0.25, -0.2) is 4.79 Å². The molecule has 0 radical (unpaired) electrons. The van der Waals surface area contributed by atoms with Gasteiger partial charge in [-0.05, 0) is 91.3 Å². The minimum Gasteiger partial charge on any atom is -0.459 e. The van der Waals surface area contributed by atoms with Gasteiger partial charge in [0.05, 0.1) is 33.3 Å². The number of benzene rings is 1. The molecular weight excluding hydrogens is 640 g/mol. The van der Waals surface area contributed by atoms with Crippen LogP contribution in [0.3, 0.4) is 0 Å². The van der Waals surface area contributed by atoms with Crippen LogP contribution in [0, 0.1) is 89.2 Å². The molecule has 0 amide bonds. The van der Waals surface area contributed by atoms with Crippen molar-refractivity contribution >= 4 is 29.3 Å². The van der Waals surface area contributed by atoms with Gasteiger partial charge in [-0.3, -0.25) is 29.8 Å². The average molecular weight is 689 g/mol. The van der Waals surface area contributed by atoms with Crippen LogP contribution in [0.2, 0.25) is 0 Å². The Kier molecular flexibility index (Phi) is 7.99. The molecule has 1 aliphatic heterocycles. The molecule has 0 aromatic heterocycles. The smallest absolute Gasteiger partial charge is 0.338 e. The van der Waals surface area contributed by atoms with Crippen molar-refractivity contribution in [2.24, 2.45) is 69.0 Å². The molecule has 2 spiro atoms. The van der Waals surface area contributed by atoms with E-state index >= 15 is 0 Å². The molecule has 1 saturated heterocycles. The van der Waals surface area contributed by atoms with E-state index < -0.39 is 67.9 Å². The normalized spacial score (nSPS) is 40.9. The maximum Gasteiger partial charge on any atom is 0.338 e. The lowest BCUT2D eigenvalue weighted by molar-refractivity contribution is -0.394. The van der Waals surface area contributed by atoms with E-state index in [1.807, 2.05) is 0 Å². The van der Waals surface area contributed by atoms with E-state index in [1.165, 1.54) is 0 Å². The molecule has 7 aliphatic rings. The molecule has 8 rings (SSSR count). The summed E-state index contributed by atoms with van der Waals surface area (Å²) in [4.78, 5) is 62.5.